The average Bonchev–Trinajstić information content (AvgIpc) is 3.81. The molecule has 0 unspecified atom stereocenters. The minimum Gasteiger partial charge on any atom is -0.307 e. The van der Waals surface area contributed by atoms with E-state index in [0.29, 0.717) is 23.2 Å². The highest BCUT2D eigenvalue weighted by molar-refractivity contribution is 7.25. The lowest BCUT2D eigenvalue weighted by molar-refractivity contribution is 1.04. The van der Waals surface area contributed by atoms with Gasteiger partial charge in [-0.05, 0) is 53.6 Å². The fourth-order valence-corrected chi connectivity index (χ4v) is 8.93. The topological polar surface area (TPSA) is 56.5 Å². The zero-order valence-corrected chi connectivity index (χ0v) is 30.9. The largest absolute Gasteiger partial charge is 0.307 e. The van der Waals surface area contributed by atoms with E-state index in [4.69, 9.17) is 19.9 Å². The van der Waals surface area contributed by atoms with E-state index >= 15 is 0 Å². The molecule has 0 spiro atoms. The van der Waals surface area contributed by atoms with Crippen LogP contribution in [0.2, 0.25) is 0 Å². The number of hydrogen-bond donors (Lipinski definition) is 0. The zero-order valence-electron chi connectivity index (χ0n) is 30.0. The number of rotatable bonds is 6. The SMILES string of the molecule is c1ccc(-c2cccc(-c3ccc(-n4c5ccccc5c5cc6c(cc54)sc4ccccc46)c(-c4nc(-c5ccccc5)nc(-c5ccccc5)n4)n3)c2)cc1. The monoisotopic (exact) mass is 733 g/mol. The molecule has 0 amide bonds. The summed E-state index contributed by atoms with van der Waals surface area (Å²) in [4.78, 5) is 21.0. The second-order valence-corrected chi connectivity index (χ2v) is 14.9. The van der Waals surface area contributed by atoms with E-state index in [1.54, 1.807) is 0 Å². The van der Waals surface area contributed by atoms with Gasteiger partial charge in [0, 0.05) is 47.6 Å². The number of thiophene rings is 1. The summed E-state index contributed by atoms with van der Waals surface area (Å²) in [5.41, 5.74) is 9.69. The maximum absolute atomic E-state index is 5.51. The van der Waals surface area contributed by atoms with E-state index in [0.717, 1.165) is 50.2 Å². The lowest BCUT2D eigenvalue weighted by Gasteiger charge is -2.16. The number of nitrogens with zero attached hydrogens (tertiary/aromatic N) is 5. The minimum absolute atomic E-state index is 0.502. The molecule has 0 fully saturated rings. The molecule has 7 aromatic carbocycles. The molecule has 0 bridgehead atoms. The average molecular weight is 734 g/mol. The molecular formula is C50H31N5S. The third kappa shape index (κ3) is 5.46. The first-order valence-electron chi connectivity index (χ1n) is 18.6. The van der Waals surface area contributed by atoms with Crippen LogP contribution in [0, 0.1) is 0 Å². The van der Waals surface area contributed by atoms with Gasteiger partial charge in [0.1, 0.15) is 5.69 Å². The summed E-state index contributed by atoms with van der Waals surface area (Å²) in [5.74, 6) is 1.68. The van der Waals surface area contributed by atoms with Crippen molar-refractivity contribution >= 4 is 53.3 Å². The van der Waals surface area contributed by atoms with Gasteiger partial charge in [-0.15, -0.1) is 11.3 Å². The van der Waals surface area contributed by atoms with Gasteiger partial charge in [0.2, 0.25) is 0 Å². The number of hydrogen-bond acceptors (Lipinski definition) is 5. The Balaban J connectivity index is 1.21. The van der Waals surface area contributed by atoms with Crippen LogP contribution < -0.4 is 0 Å². The van der Waals surface area contributed by atoms with Crippen LogP contribution in [-0.2, 0) is 0 Å². The summed E-state index contributed by atoms with van der Waals surface area (Å²) >= 11 is 1.83. The zero-order chi connectivity index (χ0) is 37.0. The molecule has 6 heteroatoms. The number of aromatic nitrogens is 5. The Bertz CT molecular complexity index is 3190. The van der Waals surface area contributed by atoms with Gasteiger partial charge in [-0.1, -0.05) is 146 Å². The maximum Gasteiger partial charge on any atom is 0.184 e. The van der Waals surface area contributed by atoms with Crippen LogP contribution in [0.4, 0.5) is 0 Å². The van der Waals surface area contributed by atoms with Gasteiger partial charge in [-0.2, -0.15) is 0 Å². The highest BCUT2D eigenvalue weighted by atomic mass is 32.1. The highest BCUT2D eigenvalue weighted by Crippen LogP contribution is 2.42. The van der Waals surface area contributed by atoms with Gasteiger partial charge in [-0.3, -0.25) is 0 Å². The molecule has 0 aliphatic carbocycles. The summed E-state index contributed by atoms with van der Waals surface area (Å²) in [5, 5.41) is 4.91. The van der Waals surface area contributed by atoms with Gasteiger partial charge in [-0.25, -0.2) is 19.9 Å². The summed E-state index contributed by atoms with van der Waals surface area (Å²) in [6.45, 7) is 0. The van der Waals surface area contributed by atoms with Crippen LogP contribution in [0.15, 0.2) is 188 Å². The molecule has 0 aliphatic heterocycles. The molecule has 0 saturated heterocycles. The molecule has 0 radical (unpaired) electrons. The Morgan fingerprint density at radius 2 is 0.929 bits per heavy atom. The second-order valence-electron chi connectivity index (χ2n) is 13.9. The normalized spacial score (nSPS) is 11.6. The van der Waals surface area contributed by atoms with Crippen molar-refractivity contribution in [3.63, 3.8) is 0 Å². The van der Waals surface area contributed by atoms with Crippen molar-refractivity contribution in [2.75, 3.05) is 0 Å². The molecule has 11 aromatic rings. The van der Waals surface area contributed by atoms with Crippen LogP contribution in [0.5, 0.6) is 0 Å². The first-order valence-corrected chi connectivity index (χ1v) is 19.5. The van der Waals surface area contributed by atoms with E-state index in [9.17, 15) is 0 Å². The van der Waals surface area contributed by atoms with Gasteiger partial charge in [0.25, 0.3) is 0 Å². The van der Waals surface area contributed by atoms with Crippen molar-refractivity contribution in [2.45, 2.75) is 0 Å². The molecule has 0 N–H and O–H groups in total. The standard InChI is InChI=1S/C50H31N5S/c1-4-15-32(16-5-1)35-21-14-22-36(29-35)41-27-28-43(47(51-41)50-53-48(33-17-6-2-7-18-33)52-49(54-50)34-19-8-3-9-20-34)55-42-25-12-10-23-37(42)39-30-40-38-24-11-13-26-45(38)56-46(40)31-44(39)55/h1-31H. The van der Waals surface area contributed by atoms with Crippen molar-refractivity contribution < 1.29 is 0 Å². The van der Waals surface area contributed by atoms with Crippen LogP contribution in [-0.4, -0.2) is 24.5 Å². The van der Waals surface area contributed by atoms with Crippen molar-refractivity contribution in [1.29, 1.82) is 0 Å². The Hall–Kier alpha value is -7.28. The number of pyridine rings is 1. The molecule has 5 nitrogen and oxygen atoms in total. The molecule has 11 rings (SSSR count). The van der Waals surface area contributed by atoms with E-state index < -0.39 is 0 Å². The van der Waals surface area contributed by atoms with Crippen molar-refractivity contribution in [3.05, 3.63) is 188 Å². The number of fused-ring (bicyclic) bond motifs is 6. The summed E-state index contributed by atoms with van der Waals surface area (Å²) in [7, 11) is 0. The third-order valence-corrected chi connectivity index (χ3v) is 11.6. The lowest BCUT2D eigenvalue weighted by atomic mass is 10.0. The van der Waals surface area contributed by atoms with Crippen LogP contribution in [0.1, 0.15) is 0 Å². The van der Waals surface area contributed by atoms with Crippen LogP contribution in [0.3, 0.4) is 0 Å². The summed E-state index contributed by atoms with van der Waals surface area (Å²) in [6, 6.07) is 65.6. The molecular weight excluding hydrogens is 703 g/mol. The van der Waals surface area contributed by atoms with E-state index in [2.05, 4.69) is 126 Å². The van der Waals surface area contributed by atoms with Crippen molar-refractivity contribution in [3.8, 4) is 62.4 Å². The van der Waals surface area contributed by atoms with E-state index in [1.165, 1.54) is 30.9 Å². The Morgan fingerprint density at radius 3 is 1.66 bits per heavy atom. The molecule has 0 aliphatic rings. The predicted octanol–water partition coefficient (Wildman–Crippen LogP) is 13.1. The molecule has 56 heavy (non-hydrogen) atoms. The Labute approximate surface area is 326 Å². The fourth-order valence-electron chi connectivity index (χ4n) is 7.81. The molecule has 4 heterocycles. The Morgan fingerprint density at radius 1 is 0.339 bits per heavy atom. The van der Waals surface area contributed by atoms with Crippen molar-refractivity contribution in [1.82, 2.24) is 24.5 Å². The first-order chi connectivity index (χ1) is 27.7. The second kappa shape index (κ2) is 13.2. The molecule has 0 atom stereocenters. The maximum atomic E-state index is 5.51. The lowest BCUT2D eigenvalue weighted by Crippen LogP contribution is -2.06. The molecule has 0 saturated carbocycles. The van der Waals surface area contributed by atoms with Gasteiger partial charge < -0.3 is 4.57 Å². The van der Waals surface area contributed by atoms with E-state index in [-0.39, 0.29) is 0 Å². The first kappa shape index (κ1) is 32.2. The van der Waals surface area contributed by atoms with Crippen LogP contribution in [0.25, 0.3) is 104 Å². The molecule has 4 aromatic heterocycles. The number of para-hydroxylation sites is 1. The van der Waals surface area contributed by atoms with Crippen molar-refractivity contribution in [2.24, 2.45) is 0 Å². The molecule has 262 valence electrons. The predicted molar refractivity (Wildman–Crippen MR) is 232 cm³/mol. The summed E-state index contributed by atoms with van der Waals surface area (Å²) < 4.78 is 4.86. The fraction of sp³-hybridized carbons (Fsp3) is 0. The quantitative estimate of drug-likeness (QED) is 0.171. The number of benzene rings is 7. The third-order valence-electron chi connectivity index (χ3n) is 10.5. The Kier molecular flexibility index (Phi) is 7.60. The van der Waals surface area contributed by atoms with Gasteiger partial charge >= 0.3 is 0 Å². The smallest absolute Gasteiger partial charge is 0.184 e. The van der Waals surface area contributed by atoms with Crippen LogP contribution >= 0.6 is 11.3 Å². The summed E-state index contributed by atoms with van der Waals surface area (Å²) in [6.07, 6.45) is 0. The van der Waals surface area contributed by atoms with Gasteiger partial charge in [0.05, 0.1) is 22.4 Å². The minimum atomic E-state index is 0.502. The highest BCUT2D eigenvalue weighted by Gasteiger charge is 2.22. The van der Waals surface area contributed by atoms with Gasteiger partial charge in [0.15, 0.2) is 17.5 Å². The van der Waals surface area contributed by atoms with E-state index in [1.807, 2.05) is 78.1 Å².